The molecule has 0 spiro atoms. The zero-order chi connectivity index (χ0) is 15.8. The van der Waals surface area contributed by atoms with Crippen LogP contribution < -0.4 is 5.73 Å². The second kappa shape index (κ2) is 7.85. The van der Waals surface area contributed by atoms with E-state index in [4.69, 9.17) is 15.7 Å². The number of ketones is 1. The number of nitrogens with two attached hydrogens (primary N) is 1. The first kappa shape index (κ1) is 16.4. The minimum Gasteiger partial charge on any atom is -0.457 e. The summed E-state index contributed by atoms with van der Waals surface area (Å²) in [6, 6.07) is 10.9. The summed E-state index contributed by atoms with van der Waals surface area (Å²) in [4.78, 5) is 23.8. The van der Waals surface area contributed by atoms with E-state index < -0.39 is 24.3 Å². The molecule has 5 nitrogen and oxygen atoms in total. The number of allylic oxidation sites excluding steroid dienone is 1. The van der Waals surface area contributed by atoms with Crippen LogP contribution in [0.15, 0.2) is 41.6 Å². The van der Waals surface area contributed by atoms with E-state index >= 15 is 0 Å². The van der Waals surface area contributed by atoms with Gasteiger partial charge in [0.05, 0.1) is 5.92 Å². The van der Waals surface area contributed by atoms with Crippen molar-refractivity contribution in [2.75, 3.05) is 6.61 Å². The lowest BCUT2D eigenvalue weighted by atomic mass is 9.97. The molecule has 1 atom stereocenters. The highest BCUT2D eigenvalue weighted by molar-refractivity contribution is 6.01. The zero-order valence-electron chi connectivity index (χ0n) is 12.1. The Kier molecular flexibility index (Phi) is 6.15. The molecule has 0 radical (unpaired) electrons. The number of carbonyl (C=O) groups is 2. The highest BCUT2D eigenvalue weighted by atomic mass is 16.5. The van der Waals surface area contributed by atoms with E-state index in [0.717, 1.165) is 5.56 Å². The number of hydrogen-bond donors (Lipinski definition) is 1. The maximum absolute atomic E-state index is 12.1. The molecule has 0 bridgehead atoms. The van der Waals surface area contributed by atoms with Crippen LogP contribution in [0, 0.1) is 11.3 Å². The van der Waals surface area contributed by atoms with Crippen molar-refractivity contribution in [1.82, 2.24) is 0 Å². The Morgan fingerprint density at radius 3 is 2.43 bits per heavy atom. The van der Waals surface area contributed by atoms with Gasteiger partial charge in [-0.1, -0.05) is 37.3 Å². The number of nitrogens with zero attached hydrogens (tertiary/aromatic N) is 1. The van der Waals surface area contributed by atoms with Crippen LogP contribution in [-0.4, -0.2) is 18.4 Å². The van der Waals surface area contributed by atoms with Gasteiger partial charge in [0.2, 0.25) is 5.78 Å². The van der Waals surface area contributed by atoms with Gasteiger partial charge in [-0.15, -0.1) is 0 Å². The van der Waals surface area contributed by atoms with Crippen molar-refractivity contribution < 1.29 is 14.3 Å². The molecule has 1 unspecified atom stereocenters. The van der Waals surface area contributed by atoms with Gasteiger partial charge in [-0.05, 0) is 18.9 Å². The van der Waals surface area contributed by atoms with E-state index in [1.54, 1.807) is 6.07 Å². The van der Waals surface area contributed by atoms with E-state index in [0.29, 0.717) is 6.42 Å². The van der Waals surface area contributed by atoms with Gasteiger partial charge in [0.15, 0.2) is 6.61 Å². The molecule has 5 heteroatoms. The number of esters is 1. The first-order chi connectivity index (χ1) is 10.0. The lowest BCUT2D eigenvalue weighted by Crippen LogP contribution is -2.21. The molecule has 1 aromatic rings. The minimum atomic E-state index is -0.589. The number of Topliss-reactive ketones (excluding diaryl/α,β-unsaturated/α-hetero) is 1. The van der Waals surface area contributed by atoms with Gasteiger partial charge >= 0.3 is 5.97 Å². The topological polar surface area (TPSA) is 93.2 Å². The van der Waals surface area contributed by atoms with E-state index in [-0.39, 0.29) is 11.3 Å². The molecule has 0 aliphatic heterocycles. The van der Waals surface area contributed by atoms with Gasteiger partial charge in [0, 0.05) is 5.70 Å². The summed E-state index contributed by atoms with van der Waals surface area (Å²) in [6.45, 7) is 2.85. The van der Waals surface area contributed by atoms with E-state index in [1.165, 1.54) is 6.92 Å². The van der Waals surface area contributed by atoms with E-state index in [1.807, 2.05) is 37.3 Å². The molecule has 0 fully saturated rings. The number of ether oxygens (including phenoxy) is 1. The van der Waals surface area contributed by atoms with Gasteiger partial charge in [-0.3, -0.25) is 9.59 Å². The van der Waals surface area contributed by atoms with Crippen molar-refractivity contribution in [3.8, 4) is 6.07 Å². The molecule has 0 amide bonds. The quantitative estimate of drug-likeness (QED) is 0.490. The van der Waals surface area contributed by atoms with E-state index in [2.05, 4.69) is 0 Å². The lowest BCUT2D eigenvalue weighted by Gasteiger charge is -2.14. The number of rotatable bonds is 6. The smallest absolute Gasteiger partial charge is 0.313 e. The maximum Gasteiger partial charge on any atom is 0.313 e. The molecular formula is C16H18N2O3. The van der Waals surface area contributed by atoms with Gasteiger partial charge in [0.25, 0.3) is 0 Å². The second-order valence-electron chi connectivity index (χ2n) is 4.57. The number of nitriles is 1. The molecule has 1 aromatic carbocycles. The Morgan fingerprint density at radius 1 is 1.33 bits per heavy atom. The third-order valence-electron chi connectivity index (χ3n) is 3.03. The zero-order valence-corrected chi connectivity index (χ0v) is 12.1. The molecule has 2 N–H and O–H groups in total. The van der Waals surface area contributed by atoms with Crippen LogP contribution in [0.4, 0.5) is 0 Å². The van der Waals surface area contributed by atoms with Gasteiger partial charge < -0.3 is 10.5 Å². The highest BCUT2D eigenvalue weighted by Crippen LogP contribution is 2.20. The van der Waals surface area contributed by atoms with Gasteiger partial charge in [-0.2, -0.15) is 5.26 Å². The Labute approximate surface area is 124 Å². The summed E-state index contributed by atoms with van der Waals surface area (Å²) in [6.07, 6.45) is 0.563. The molecule has 0 aliphatic carbocycles. The molecule has 21 heavy (non-hydrogen) atoms. The van der Waals surface area contributed by atoms with Crippen LogP contribution in [-0.2, 0) is 14.3 Å². The molecule has 1 rings (SSSR count). The summed E-state index contributed by atoms with van der Waals surface area (Å²) in [5, 5.41) is 8.82. The average molecular weight is 286 g/mol. The Morgan fingerprint density at radius 2 is 1.95 bits per heavy atom. The average Bonchev–Trinajstić information content (AvgIpc) is 2.47. The lowest BCUT2D eigenvalue weighted by molar-refractivity contribution is -0.148. The predicted octanol–water partition coefficient (Wildman–Crippen LogP) is 2.05. The van der Waals surface area contributed by atoms with Crippen molar-refractivity contribution in [2.45, 2.75) is 26.2 Å². The minimum absolute atomic E-state index is 0.119. The maximum atomic E-state index is 12.1. The van der Waals surface area contributed by atoms with Crippen LogP contribution in [0.3, 0.4) is 0 Å². The van der Waals surface area contributed by atoms with Crippen molar-refractivity contribution in [3.63, 3.8) is 0 Å². The summed E-state index contributed by atoms with van der Waals surface area (Å²) < 4.78 is 5.01. The van der Waals surface area contributed by atoms with Gasteiger partial charge in [-0.25, -0.2) is 0 Å². The molecule has 0 aliphatic rings. The van der Waals surface area contributed by atoms with Crippen LogP contribution in [0.5, 0.6) is 0 Å². The van der Waals surface area contributed by atoms with Gasteiger partial charge in [0.1, 0.15) is 11.6 Å². The van der Waals surface area contributed by atoms with Crippen molar-refractivity contribution in [1.29, 1.82) is 5.26 Å². The van der Waals surface area contributed by atoms with Crippen molar-refractivity contribution in [3.05, 3.63) is 47.2 Å². The monoisotopic (exact) mass is 286 g/mol. The standard InChI is InChI=1S/C16H18N2O3/c1-3-13(12-7-5-4-6-8-12)16(20)21-10-15(19)14(9-17)11(2)18/h4-8,13H,3,10,18H2,1-2H3. The predicted molar refractivity (Wildman–Crippen MR) is 77.9 cm³/mol. The summed E-state index contributed by atoms with van der Waals surface area (Å²) in [7, 11) is 0. The van der Waals surface area contributed by atoms with Crippen LogP contribution >= 0.6 is 0 Å². The second-order valence-corrected chi connectivity index (χ2v) is 4.57. The normalized spacial score (nSPS) is 12.8. The first-order valence-corrected chi connectivity index (χ1v) is 6.62. The van der Waals surface area contributed by atoms with Crippen molar-refractivity contribution in [2.24, 2.45) is 5.73 Å². The van der Waals surface area contributed by atoms with Crippen LogP contribution in [0.25, 0.3) is 0 Å². The van der Waals surface area contributed by atoms with E-state index in [9.17, 15) is 9.59 Å². The molecule has 0 aromatic heterocycles. The SMILES string of the molecule is CCC(C(=O)OCC(=O)C(C#N)=C(C)N)c1ccccc1. The van der Waals surface area contributed by atoms with Crippen LogP contribution in [0.1, 0.15) is 31.7 Å². The largest absolute Gasteiger partial charge is 0.457 e. The molecule has 110 valence electrons. The summed E-state index contributed by atoms with van der Waals surface area (Å²) in [5.74, 6) is -1.50. The molecular weight excluding hydrogens is 268 g/mol. The third kappa shape index (κ3) is 4.46. The number of carbonyl (C=O) groups excluding carboxylic acids is 2. The fourth-order valence-corrected chi connectivity index (χ4v) is 1.90. The van der Waals surface area contributed by atoms with Crippen molar-refractivity contribution >= 4 is 11.8 Å². The fourth-order valence-electron chi connectivity index (χ4n) is 1.90. The molecule has 0 saturated heterocycles. The van der Waals surface area contributed by atoms with Crippen LogP contribution in [0.2, 0.25) is 0 Å². The Balaban J connectivity index is 2.71. The summed E-state index contributed by atoms with van der Waals surface area (Å²) >= 11 is 0. The molecule has 0 saturated carbocycles. The first-order valence-electron chi connectivity index (χ1n) is 6.62. The fraction of sp³-hybridized carbons (Fsp3) is 0.312. The Hall–Kier alpha value is -2.61. The molecule has 0 heterocycles. The summed E-state index contributed by atoms with van der Waals surface area (Å²) in [5.41, 5.74) is 6.21. The number of benzene rings is 1. The third-order valence-corrected chi connectivity index (χ3v) is 3.03. The number of hydrogen-bond acceptors (Lipinski definition) is 5. The highest BCUT2D eigenvalue weighted by Gasteiger charge is 2.22. The Bertz CT molecular complexity index is 581.